The maximum atomic E-state index is 7.25. The summed E-state index contributed by atoms with van der Waals surface area (Å²) in [4.78, 5) is 0. The van der Waals surface area contributed by atoms with E-state index < -0.39 is 0 Å². The molecule has 1 aromatic carbocycles. The molecular weight excluding hydrogens is 246 g/mol. The highest BCUT2D eigenvalue weighted by atomic mass is 35.5. The number of nitrogens with zero attached hydrogens (tertiary/aromatic N) is 1. The van der Waals surface area contributed by atoms with Crippen molar-refractivity contribution in [3.63, 3.8) is 0 Å². The van der Waals surface area contributed by atoms with Gasteiger partial charge < -0.3 is 11.5 Å². The molecule has 5 nitrogen and oxygen atoms in total. The number of rotatable bonds is 3. The number of halogens is 1. The van der Waals surface area contributed by atoms with Crippen molar-refractivity contribution < 1.29 is 0 Å². The zero-order chi connectivity index (χ0) is 11.3. The first-order chi connectivity index (χ1) is 7.09. The van der Waals surface area contributed by atoms with E-state index in [4.69, 9.17) is 16.9 Å². The summed E-state index contributed by atoms with van der Waals surface area (Å²) in [6, 6.07) is 7.11. The van der Waals surface area contributed by atoms with Crippen LogP contribution < -0.4 is 16.9 Å². The van der Waals surface area contributed by atoms with Crippen LogP contribution in [0.1, 0.15) is 11.1 Å². The average Bonchev–Trinajstić information content (AvgIpc) is 2.17. The Kier molecular flexibility index (Phi) is 6.06. The predicted molar refractivity (Wildman–Crippen MR) is 72.2 cm³/mol. The summed E-state index contributed by atoms with van der Waals surface area (Å²) in [5.41, 5.74) is 14.4. The summed E-state index contributed by atoms with van der Waals surface area (Å²) in [5.74, 6) is 0.0209. The van der Waals surface area contributed by atoms with Crippen LogP contribution in [0.15, 0.2) is 29.4 Å². The van der Waals surface area contributed by atoms with E-state index in [0.717, 1.165) is 5.56 Å². The number of nitrogen functional groups attached to an aromatic ring is 1. The van der Waals surface area contributed by atoms with E-state index in [1.165, 1.54) is 0 Å². The van der Waals surface area contributed by atoms with E-state index in [0.29, 0.717) is 5.56 Å². The fraction of sp³-hybridized carbons (Fsp3) is 0. The van der Waals surface area contributed by atoms with Gasteiger partial charge in [0.1, 0.15) is 5.84 Å². The molecule has 7 heteroatoms. The zero-order valence-corrected chi connectivity index (χ0v) is 9.94. The SMILES string of the molecule is Cl.N=C(N)c1cccc(C=NNC(N)=S)c1. The van der Waals surface area contributed by atoms with Crippen LogP contribution in [0.2, 0.25) is 0 Å². The Morgan fingerprint density at radius 3 is 2.69 bits per heavy atom. The van der Waals surface area contributed by atoms with Gasteiger partial charge in [0, 0.05) is 5.56 Å². The first-order valence-corrected chi connectivity index (χ1v) is 4.53. The summed E-state index contributed by atoms with van der Waals surface area (Å²) >= 11 is 4.58. The maximum absolute atomic E-state index is 7.25. The number of benzene rings is 1. The Labute approximate surface area is 105 Å². The second kappa shape index (κ2) is 6.76. The molecule has 0 saturated carbocycles. The molecular formula is C9H12ClN5S. The molecule has 0 saturated heterocycles. The van der Waals surface area contributed by atoms with Gasteiger partial charge in [-0.1, -0.05) is 18.2 Å². The van der Waals surface area contributed by atoms with Gasteiger partial charge in [-0.15, -0.1) is 12.4 Å². The molecule has 0 spiro atoms. The van der Waals surface area contributed by atoms with Gasteiger partial charge in [-0.05, 0) is 23.8 Å². The molecule has 0 aromatic heterocycles. The van der Waals surface area contributed by atoms with Crippen molar-refractivity contribution in [1.29, 1.82) is 5.41 Å². The van der Waals surface area contributed by atoms with Crippen molar-refractivity contribution in [2.24, 2.45) is 16.6 Å². The van der Waals surface area contributed by atoms with Crippen LogP contribution in [0, 0.1) is 5.41 Å². The quantitative estimate of drug-likeness (QED) is 0.275. The van der Waals surface area contributed by atoms with Crippen LogP contribution in [-0.2, 0) is 0 Å². The van der Waals surface area contributed by atoms with Crippen molar-refractivity contribution in [2.45, 2.75) is 0 Å². The lowest BCUT2D eigenvalue weighted by atomic mass is 10.1. The van der Waals surface area contributed by atoms with Gasteiger partial charge in [-0.3, -0.25) is 10.8 Å². The number of thiocarbonyl (C=S) groups is 1. The molecule has 0 fully saturated rings. The van der Waals surface area contributed by atoms with E-state index in [9.17, 15) is 0 Å². The average molecular weight is 258 g/mol. The fourth-order valence-electron chi connectivity index (χ4n) is 0.957. The van der Waals surface area contributed by atoms with Crippen molar-refractivity contribution in [1.82, 2.24) is 5.43 Å². The molecule has 86 valence electrons. The van der Waals surface area contributed by atoms with E-state index in [2.05, 4.69) is 22.7 Å². The van der Waals surface area contributed by atoms with E-state index >= 15 is 0 Å². The predicted octanol–water partition coefficient (Wildman–Crippen LogP) is 0.560. The van der Waals surface area contributed by atoms with Gasteiger partial charge in [0.2, 0.25) is 0 Å². The molecule has 0 atom stereocenters. The minimum absolute atomic E-state index is 0. The van der Waals surface area contributed by atoms with Crippen LogP contribution in [0.4, 0.5) is 0 Å². The van der Waals surface area contributed by atoms with Crippen molar-refractivity contribution in [2.75, 3.05) is 0 Å². The van der Waals surface area contributed by atoms with E-state index in [-0.39, 0.29) is 23.4 Å². The van der Waals surface area contributed by atoms with E-state index in [1.54, 1.807) is 24.4 Å². The Balaban J connectivity index is 0.00000225. The summed E-state index contributed by atoms with van der Waals surface area (Å²) in [6.45, 7) is 0. The molecule has 16 heavy (non-hydrogen) atoms. The van der Waals surface area contributed by atoms with Gasteiger partial charge in [0.05, 0.1) is 6.21 Å². The largest absolute Gasteiger partial charge is 0.384 e. The fourth-order valence-corrected chi connectivity index (χ4v) is 1.01. The summed E-state index contributed by atoms with van der Waals surface area (Å²) < 4.78 is 0. The van der Waals surface area contributed by atoms with Crippen LogP contribution in [-0.4, -0.2) is 17.2 Å². The summed E-state index contributed by atoms with van der Waals surface area (Å²) in [5, 5.41) is 11.1. The summed E-state index contributed by atoms with van der Waals surface area (Å²) in [7, 11) is 0. The number of hydrogen-bond donors (Lipinski definition) is 4. The lowest BCUT2D eigenvalue weighted by Gasteiger charge is -1.99. The van der Waals surface area contributed by atoms with Crippen molar-refractivity contribution in [3.05, 3.63) is 35.4 Å². The van der Waals surface area contributed by atoms with Gasteiger partial charge in [-0.2, -0.15) is 5.10 Å². The van der Waals surface area contributed by atoms with Gasteiger partial charge >= 0.3 is 0 Å². The van der Waals surface area contributed by atoms with Gasteiger partial charge in [-0.25, -0.2) is 0 Å². The van der Waals surface area contributed by atoms with Gasteiger partial charge in [0.25, 0.3) is 0 Å². The molecule has 0 aliphatic carbocycles. The molecule has 0 radical (unpaired) electrons. The number of hydrazone groups is 1. The number of hydrogen-bond acceptors (Lipinski definition) is 3. The van der Waals surface area contributed by atoms with Crippen LogP contribution in [0.25, 0.3) is 0 Å². The third-order valence-corrected chi connectivity index (χ3v) is 1.68. The highest BCUT2D eigenvalue weighted by Gasteiger charge is 1.95. The molecule has 0 bridgehead atoms. The molecule has 0 unspecified atom stereocenters. The van der Waals surface area contributed by atoms with Crippen molar-refractivity contribution >= 4 is 41.8 Å². The second-order valence-electron chi connectivity index (χ2n) is 2.77. The Morgan fingerprint density at radius 1 is 1.44 bits per heavy atom. The minimum Gasteiger partial charge on any atom is -0.384 e. The minimum atomic E-state index is 0. The number of nitrogens with two attached hydrogens (primary N) is 2. The first-order valence-electron chi connectivity index (χ1n) is 4.12. The Hall–Kier alpha value is -1.66. The number of nitrogens with one attached hydrogen (secondary N) is 2. The van der Waals surface area contributed by atoms with E-state index in [1.807, 2.05) is 6.07 Å². The molecule has 0 amide bonds. The molecule has 6 N–H and O–H groups in total. The Morgan fingerprint density at radius 2 is 2.12 bits per heavy atom. The molecule has 1 rings (SSSR count). The molecule has 0 aliphatic heterocycles. The Bertz CT molecular complexity index is 418. The number of amidine groups is 1. The van der Waals surface area contributed by atoms with Crippen molar-refractivity contribution in [3.8, 4) is 0 Å². The third-order valence-electron chi connectivity index (χ3n) is 1.59. The molecule has 0 heterocycles. The van der Waals surface area contributed by atoms with Gasteiger partial charge in [0.15, 0.2) is 5.11 Å². The lowest BCUT2D eigenvalue weighted by molar-refractivity contribution is 1.04. The highest BCUT2D eigenvalue weighted by molar-refractivity contribution is 7.80. The van der Waals surface area contributed by atoms with Crippen LogP contribution >= 0.6 is 24.6 Å². The summed E-state index contributed by atoms with van der Waals surface area (Å²) in [6.07, 6.45) is 1.55. The lowest BCUT2D eigenvalue weighted by Crippen LogP contribution is -2.24. The maximum Gasteiger partial charge on any atom is 0.184 e. The topological polar surface area (TPSA) is 100 Å². The normalized spacial score (nSPS) is 9.50. The first kappa shape index (κ1) is 14.3. The molecule has 0 aliphatic rings. The zero-order valence-electron chi connectivity index (χ0n) is 8.31. The highest BCUT2D eigenvalue weighted by Crippen LogP contribution is 2.01. The molecule has 1 aromatic rings. The standard InChI is InChI=1S/C9H11N5S.ClH/c10-8(11)7-3-1-2-6(4-7)5-13-14-9(12)15;/h1-5H,(H3,10,11)(H3,12,14,15);1H. The smallest absolute Gasteiger partial charge is 0.184 e. The monoisotopic (exact) mass is 257 g/mol. The third kappa shape index (κ3) is 4.72. The van der Waals surface area contributed by atoms with Crippen LogP contribution in [0.5, 0.6) is 0 Å². The second-order valence-corrected chi connectivity index (χ2v) is 3.21. The van der Waals surface area contributed by atoms with Crippen LogP contribution in [0.3, 0.4) is 0 Å².